The van der Waals surface area contributed by atoms with Crippen LogP contribution < -0.4 is 111 Å². The highest BCUT2D eigenvalue weighted by Gasteiger charge is 2.29. The predicted octanol–water partition coefficient (Wildman–Crippen LogP) is -0.934. The van der Waals surface area contributed by atoms with Gasteiger partial charge in [0.1, 0.15) is 47.7 Å². The monoisotopic (exact) mass is 1300 g/mol. The molecule has 0 heterocycles. The van der Waals surface area contributed by atoms with E-state index in [2.05, 4.69) is 63.8 Å². The van der Waals surface area contributed by atoms with E-state index in [1.165, 1.54) is 101 Å². The first-order chi connectivity index (χ1) is 44.3. The third kappa shape index (κ3) is 24.7. The van der Waals surface area contributed by atoms with E-state index in [9.17, 15) is 43.2 Å². The molecule has 27 N–H and O–H groups in total. The Balaban J connectivity index is 1.60. The molecule has 4 atom stereocenters. The van der Waals surface area contributed by atoms with E-state index in [1.807, 2.05) is 0 Å². The number of carbonyl (C=O) groups is 9. The van der Waals surface area contributed by atoms with Crippen LogP contribution in [0.15, 0.2) is 72.8 Å². The molecule has 0 fully saturated rings. The highest BCUT2D eigenvalue weighted by atomic mass is 16.5. The second kappa shape index (κ2) is 37.4. The summed E-state index contributed by atoms with van der Waals surface area (Å²) in [6, 6.07) is 11.5. The number of anilines is 4. The number of carbonyl (C=O) groups excluding carboxylic acids is 8. The van der Waals surface area contributed by atoms with E-state index in [4.69, 9.17) is 74.4 Å². The van der Waals surface area contributed by atoms with Gasteiger partial charge in [0.2, 0.25) is 23.6 Å². The molecule has 93 heavy (non-hydrogen) atoms. The Labute approximate surface area is 534 Å². The number of guanidine groups is 4. The maximum Gasteiger partial charge on any atom is 0.322 e. The number of amides is 8. The van der Waals surface area contributed by atoms with Gasteiger partial charge in [-0.2, -0.15) is 0 Å². The molecule has 0 saturated heterocycles. The van der Waals surface area contributed by atoms with Crippen molar-refractivity contribution in [2.75, 3.05) is 82.4 Å². The van der Waals surface area contributed by atoms with Crippen LogP contribution in [0.3, 0.4) is 0 Å². The second-order valence-corrected chi connectivity index (χ2v) is 20.3. The summed E-state index contributed by atoms with van der Waals surface area (Å²) in [7, 11) is 5.17. The Morgan fingerprint density at radius 3 is 0.914 bits per heavy atom. The fraction of sp³-hybridized carbons (Fsp3) is 0.362. The minimum Gasteiger partial charge on any atom is -0.496 e. The molecule has 0 radical (unpaired) electrons. The molecule has 0 aliphatic heterocycles. The van der Waals surface area contributed by atoms with Crippen LogP contribution in [0.4, 0.5) is 22.7 Å². The summed E-state index contributed by atoms with van der Waals surface area (Å²) in [6.45, 7) is -0.0232. The maximum atomic E-state index is 14.4. The molecule has 0 aliphatic rings. The van der Waals surface area contributed by atoms with E-state index < -0.39 is 83.9 Å². The zero-order chi connectivity index (χ0) is 68.7. The van der Waals surface area contributed by atoms with E-state index in [0.717, 1.165) is 0 Å². The van der Waals surface area contributed by atoms with Crippen molar-refractivity contribution in [1.82, 2.24) is 42.5 Å². The minimum absolute atomic E-state index is 0.00937. The Morgan fingerprint density at radius 1 is 0.398 bits per heavy atom. The van der Waals surface area contributed by atoms with E-state index in [1.54, 1.807) is 0 Å². The maximum absolute atomic E-state index is 14.4. The van der Waals surface area contributed by atoms with Gasteiger partial charge in [0.05, 0.1) is 56.7 Å². The van der Waals surface area contributed by atoms with Crippen molar-refractivity contribution in [2.24, 2.45) is 28.7 Å². The molecular formula is C58H81N21O14. The lowest BCUT2D eigenvalue weighted by molar-refractivity contribution is -0.135. The van der Waals surface area contributed by atoms with Crippen LogP contribution in [0.2, 0.25) is 0 Å². The molecule has 0 aliphatic carbocycles. The van der Waals surface area contributed by atoms with Crippen LogP contribution in [-0.2, 0) is 24.0 Å². The number of nitrogens with one attached hydrogen (secondary N) is 16. The molecule has 4 unspecified atom stereocenters. The number of hydrogen-bond donors (Lipinski definition) is 22. The molecule has 8 amide bonds. The summed E-state index contributed by atoms with van der Waals surface area (Å²) >= 11 is 0. The van der Waals surface area contributed by atoms with Gasteiger partial charge < -0.3 is 117 Å². The molecule has 0 spiro atoms. The molecule has 35 heteroatoms. The van der Waals surface area contributed by atoms with Crippen LogP contribution in [0.25, 0.3) is 0 Å². The normalized spacial score (nSPS) is 11.8. The summed E-state index contributed by atoms with van der Waals surface area (Å²) in [5, 5.41) is 70.6. The van der Waals surface area contributed by atoms with Crippen LogP contribution in [0.5, 0.6) is 23.0 Å². The Morgan fingerprint density at radius 2 is 0.656 bits per heavy atom. The number of carboxylic acids is 1. The van der Waals surface area contributed by atoms with Crippen molar-refractivity contribution >= 4 is 99.8 Å². The number of nitrogens with two attached hydrogens (primary N) is 5. The Kier molecular flexibility index (Phi) is 29.7. The van der Waals surface area contributed by atoms with Crippen molar-refractivity contribution in [1.29, 1.82) is 21.6 Å². The summed E-state index contributed by atoms with van der Waals surface area (Å²) in [5.74, 6) is -8.57. The van der Waals surface area contributed by atoms with E-state index >= 15 is 0 Å². The average molecular weight is 1300 g/mol. The number of rotatable bonds is 37. The molecular weight excluding hydrogens is 1210 g/mol. The zero-order valence-corrected chi connectivity index (χ0v) is 51.6. The van der Waals surface area contributed by atoms with Gasteiger partial charge in [-0.25, -0.2) is 0 Å². The molecule has 4 rings (SSSR count). The first kappa shape index (κ1) is 73.8. The number of ether oxygens (including phenoxy) is 4. The first-order valence-electron chi connectivity index (χ1n) is 28.7. The standard InChI is InChI=1S/C58H81N21O14/c1-90-42-17-14-31(25-34(42)47(82)72-29-46(80)81)74-52(87)39(10-6-22-69-56(62)63)78-49(84)36-27-33(16-19-44(36)92-3)76-54(89)41(12-8-24-71-58(66)67)79-50(85)37-28-32(15-20-45(37)93-4)75-53(88)40(11-7-23-70-57(64)65)77-48(83)35-26-30(13-18-43(35)91-2)73-51(86)38(59)9-5-21-68-55(60)61/h13-20,25-28,38-41H,5-12,21-24,29,59H2,1-4H3,(H,72,82)(H,73,86)(H,74,87)(H,75,88)(H,76,89)(H,77,83)(H,78,84)(H,79,85)(H,80,81)(H4,60,61,68)(H4,62,63,69)(H4,64,65,70)(H4,66,67,71). The highest BCUT2D eigenvalue weighted by Crippen LogP contribution is 2.28. The highest BCUT2D eigenvalue weighted by molar-refractivity contribution is 6.08. The lowest BCUT2D eigenvalue weighted by Crippen LogP contribution is -2.45. The summed E-state index contributed by atoms with van der Waals surface area (Å²) in [5.41, 5.74) is 27.7. The fourth-order valence-corrected chi connectivity index (χ4v) is 8.81. The van der Waals surface area contributed by atoms with Crippen molar-refractivity contribution in [3.8, 4) is 23.0 Å². The van der Waals surface area contributed by atoms with Gasteiger partial charge in [0.25, 0.3) is 23.6 Å². The van der Waals surface area contributed by atoms with Gasteiger partial charge in [-0.3, -0.25) is 64.8 Å². The topological polar surface area (TPSA) is 581 Å². The molecule has 4 aromatic carbocycles. The number of benzene rings is 4. The number of methoxy groups -OCH3 is 4. The summed E-state index contributed by atoms with van der Waals surface area (Å²) < 4.78 is 21.7. The van der Waals surface area contributed by atoms with Crippen molar-refractivity contribution in [2.45, 2.75) is 75.5 Å². The van der Waals surface area contributed by atoms with Gasteiger partial charge >= 0.3 is 5.97 Å². The van der Waals surface area contributed by atoms with Crippen LogP contribution in [0, 0.1) is 21.6 Å². The quantitative estimate of drug-likeness (QED) is 0.0147. The van der Waals surface area contributed by atoms with Gasteiger partial charge in [0.15, 0.2) is 23.8 Å². The third-order valence-corrected chi connectivity index (χ3v) is 13.4. The lowest BCUT2D eigenvalue weighted by Gasteiger charge is -2.22. The summed E-state index contributed by atoms with van der Waals surface area (Å²) in [6.07, 6.45) is 1.12. The summed E-state index contributed by atoms with van der Waals surface area (Å²) in [4.78, 5) is 122. The number of carboxylic acid groups (broad SMARTS) is 1. The van der Waals surface area contributed by atoms with E-state index in [-0.39, 0.29) is 156 Å². The Bertz CT molecular complexity index is 3390. The first-order valence-corrected chi connectivity index (χ1v) is 28.7. The van der Waals surface area contributed by atoms with E-state index in [0.29, 0.717) is 13.0 Å². The Hall–Kier alpha value is -11.7. The predicted molar refractivity (Wildman–Crippen MR) is 345 cm³/mol. The number of aliphatic carboxylic acids is 1. The van der Waals surface area contributed by atoms with Crippen LogP contribution in [0.1, 0.15) is 92.8 Å². The van der Waals surface area contributed by atoms with Gasteiger partial charge in [-0.1, -0.05) is 0 Å². The van der Waals surface area contributed by atoms with Crippen LogP contribution in [-0.4, -0.2) is 168 Å². The van der Waals surface area contributed by atoms with Crippen molar-refractivity contribution in [3.63, 3.8) is 0 Å². The molecule has 35 nitrogen and oxygen atoms in total. The molecule has 502 valence electrons. The lowest BCUT2D eigenvalue weighted by atomic mass is 10.1. The van der Waals surface area contributed by atoms with Gasteiger partial charge in [0, 0.05) is 48.9 Å². The largest absolute Gasteiger partial charge is 0.496 e. The number of hydrogen-bond acceptors (Lipinski definition) is 18. The molecule has 0 aromatic heterocycles. The third-order valence-electron chi connectivity index (χ3n) is 13.4. The molecule has 0 bridgehead atoms. The smallest absolute Gasteiger partial charge is 0.322 e. The van der Waals surface area contributed by atoms with Gasteiger partial charge in [-0.15, -0.1) is 0 Å². The SMILES string of the molecule is COc1ccc(NC(=O)C(CCCNC(=N)N)NC(=O)c2cc(NC(=O)C(CCCNC(=N)N)NC(=O)c3cc(NC(=O)C(CCCNC(=N)N)NC(=O)c4cc(NC(=O)C(N)CCCNC(=N)N)ccc4OC)ccc3OC)ccc2OC)cc1C(=O)NCC(=O)O. The second-order valence-electron chi connectivity index (χ2n) is 20.3. The van der Waals surface area contributed by atoms with Crippen molar-refractivity contribution in [3.05, 3.63) is 95.1 Å². The average Bonchev–Trinajstić information content (AvgIpc) is 1.08. The zero-order valence-electron chi connectivity index (χ0n) is 51.6. The van der Waals surface area contributed by atoms with Crippen molar-refractivity contribution < 1.29 is 67.2 Å². The minimum atomic E-state index is -1.35. The van der Waals surface area contributed by atoms with Crippen LogP contribution >= 0.6 is 0 Å². The molecule has 4 aromatic rings. The fourth-order valence-electron chi connectivity index (χ4n) is 8.81. The van der Waals surface area contributed by atoms with Gasteiger partial charge in [-0.05, 0) is 124 Å². The molecule has 0 saturated carbocycles.